The highest BCUT2D eigenvalue weighted by Gasteiger charge is 2.53. The molecule has 4 unspecified atom stereocenters. The first-order valence-corrected chi connectivity index (χ1v) is 13.8. The Hall–Kier alpha value is -3.82. The lowest BCUT2D eigenvalue weighted by Gasteiger charge is -2.46. The summed E-state index contributed by atoms with van der Waals surface area (Å²) in [5, 5.41) is 12.5. The highest BCUT2D eigenvalue weighted by molar-refractivity contribution is 5.89. The Balaban J connectivity index is 0.000000707. The maximum Gasteiger partial charge on any atom is 0.490 e. The third-order valence-corrected chi connectivity index (χ3v) is 8.15. The normalized spacial score (nSPS) is 22.4. The third kappa shape index (κ3) is 8.67. The first-order chi connectivity index (χ1) is 20.9. The van der Waals surface area contributed by atoms with Gasteiger partial charge in [-0.2, -0.15) is 26.3 Å². The van der Waals surface area contributed by atoms with E-state index >= 15 is 0 Å². The molecule has 0 radical (unpaired) electrons. The van der Waals surface area contributed by atoms with Crippen LogP contribution in [0.5, 0.6) is 11.5 Å². The molecule has 0 bridgehead atoms. The number of amides is 2. The molecule has 2 aliphatic rings. The van der Waals surface area contributed by atoms with Gasteiger partial charge in [0, 0.05) is 35.8 Å². The van der Waals surface area contributed by atoms with Gasteiger partial charge in [-0.1, -0.05) is 13.0 Å². The molecule has 45 heavy (non-hydrogen) atoms. The Morgan fingerprint density at radius 1 is 1.00 bits per heavy atom. The lowest BCUT2D eigenvalue weighted by Crippen LogP contribution is -2.54. The molecule has 1 aliphatic heterocycles. The first-order valence-electron chi connectivity index (χ1n) is 13.8. The van der Waals surface area contributed by atoms with E-state index in [0.29, 0.717) is 43.7 Å². The number of fused-ring (bicyclic) bond motifs is 1. The lowest BCUT2D eigenvalue weighted by atomic mass is 9.65. The van der Waals surface area contributed by atoms with Crippen molar-refractivity contribution in [2.24, 2.45) is 5.92 Å². The number of alkyl halides is 6. The number of rotatable bonds is 7. The standard InChI is InChI=1S/C27H32F5N3O3.C2HF3O2/c1-16(27(30,31)32)15-35-11-10-26(17-4-7-22(37-2)23(12-17)38-3)9-8-19(14-24(26)35)34-25(36)33-18-5-6-20(28)21(29)13-18;3-2(4,5)1(6)7/h4-7,12-13,16,19,24H,8-11,14-15H2,1-3H3,(H2,33,34,36);(H,6,7). The van der Waals surface area contributed by atoms with Crippen LogP contribution in [0.4, 0.5) is 45.6 Å². The Kier molecular flexibility index (Phi) is 11.2. The quantitative estimate of drug-likeness (QED) is 0.295. The van der Waals surface area contributed by atoms with Gasteiger partial charge in [-0.25, -0.2) is 18.4 Å². The average molecular weight is 656 g/mol. The van der Waals surface area contributed by atoms with Gasteiger partial charge in [0.2, 0.25) is 0 Å². The number of nitrogens with zero attached hydrogens (tertiary/aromatic N) is 1. The molecule has 4 rings (SSSR count). The number of benzene rings is 2. The number of methoxy groups -OCH3 is 2. The molecule has 1 saturated heterocycles. The SMILES string of the molecule is COc1ccc(C23CCC(NC(=O)Nc4ccc(F)c(F)c4)CC2N(CC(C)C(F)(F)F)CC3)cc1OC.O=C(O)C(F)(F)F. The molecule has 2 amide bonds. The van der Waals surface area contributed by atoms with Crippen LogP contribution >= 0.6 is 0 Å². The fourth-order valence-electron chi connectivity index (χ4n) is 5.86. The Morgan fingerprint density at radius 3 is 2.20 bits per heavy atom. The Bertz CT molecular complexity index is 1360. The fourth-order valence-corrected chi connectivity index (χ4v) is 5.86. The van der Waals surface area contributed by atoms with Gasteiger partial charge in [-0.15, -0.1) is 0 Å². The maximum absolute atomic E-state index is 13.5. The summed E-state index contributed by atoms with van der Waals surface area (Å²) >= 11 is 0. The van der Waals surface area contributed by atoms with Crippen LogP contribution < -0.4 is 20.1 Å². The van der Waals surface area contributed by atoms with E-state index in [2.05, 4.69) is 10.6 Å². The van der Waals surface area contributed by atoms with Gasteiger partial charge in [0.05, 0.1) is 20.1 Å². The third-order valence-electron chi connectivity index (χ3n) is 8.15. The number of carbonyl (C=O) groups is 2. The number of likely N-dealkylation sites (tertiary alicyclic amines) is 1. The van der Waals surface area contributed by atoms with Gasteiger partial charge in [0.1, 0.15) is 0 Å². The first kappa shape index (κ1) is 35.7. The number of urea groups is 1. The molecular formula is C29H33F8N3O5. The van der Waals surface area contributed by atoms with E-state index in [1.807, 2.05) is 17.0 Å². The van der Waals surface area contributed by atoms with Gasteiger partial charge >= 0.3 is 24.4 Å². The second-order valence-electron chi connectivity index (χ2n) is 10.9. The summed E-state index contributed by atoms with van der Waals surface area (Å²) < 4.78 is 110. The van der Waals surface area contributed by atoms with E-state index in [1.54, 1.807) is 6.07 Å². The minimum Gasteiger partial charge on any atom is -0.493 e. The number of aliphatic carboxylic acids is 1. The zero-order valence-electron chi connectivity index (χ0n) is 24.5. The number of hydrogen-bond donors (Lipinski definition) is 3. The minimum absolute atomic E-state index is 0.0957. The predicted octanol–water partition coefficient (Wildman–Crippen LogP) is 6.50. The maximum atomic E-state index is 13.5. The molecule has 0 aromatic heterocycles. The van der Waals surface area contributed by atoms with Crippen LogP contribution in [0.3, 0.4) is 0 Å². The van der Waals surface area contributed by atoms with Crippen LogP contribution in [-0.4, -0.2) is 73.8 Å². The molecule has 2 fully saturated rings. The summed E-state index contributed by atoms with van der Waals surface area (Å²) in [6.45, 7) is 1.54. The van der Waals surface area contributed by atoms with Crippen molar-refractivity contribution in [1.82, 2.24) is 10.2 Å². The number of carboxylic acids is 1. The highest BCUT2D eigenvalue weighted by Crippen LogP contribution is 2.51. The van der Waals surface area contributed by atoms with Crippen molar-refractivity contribution in [1.29, 1.82) is 0 Å². The molecule has 250 valence electrons. The van der Waals surface area contributed by atoms with Crippen molar-refractivity contribution in [3.63, 3.8) is 0 Å². The number of carbonyl (C=O) groups excluding carboxylic acids is 1. The molecule has 1 saturated carbocycles. The van der Waals surface area contributed by atoms with Gasteiger partial charge in [-0.3, -0.25) is 4.90 Å². The number of ether oxygens (including phenoxy) is 2. The van der Waals surface area contributed by atoms with Crippen LogP contribution in [0.25, 0.3) is 0 Å². The van der Waals surface area contributed by atoms with E-state index in [4.69, 9.17) is 19.4 Å². The molecule has 3 N–H and O–H groups in total. The molecule has 16 heteroatoms. The van der Waals surface area contributed by atoms with Gasteiger partial charge < -0.3 is 25.2 Å². The summed E-state index contributed by atoms with van der Waals surface area (Å²) in [6.07, 6.45) is -7.06. The van der Waals surface area contributed by atoms with Crippen LogP contribution in [0, 0.1) is 17.6 Å². The van der Waals surface area contributed by atoms with E-state index in [9.17, 15) is 39.9 Å². The number of anilines is 1. The lowest BCUT2D eigenvalue weighted by molar-refractivity contribution is -0.192. The fraction of sp³-hybridized carbons (Fsp3) is 0.517. The zero-order chi connectivity index (χ0) is 33.7. The summed E-state index contributed by atoms with van der Waals surface area (Å²) in [5.74, 6) is -5.26. The van der Waals surface area contributed by atoms with Gasteiger partial charge in [0.25, 0.3) is 0 Å². The summed E-state index contributed by atoms with van der Waals surface area (Å²) in [6, 6.07) is 7.52. The molecule has 8 nitrogen and oxygen atoms in total. The van der Waals surface area contributed by atoms with Crippen molar-refractivity contribution in [3.8, 4) is 11.5 Å². The van der Waals surface area contributed by atoms with Crippen molar-refractivity contribution in [2.45, 2.75) is 62.5 Å². The largest absolute Gasteiger partial charge is 0.493 e. The second-order valence-corrected chi connectivity index (χ2v) is 10.9. The van der Waals surface area contributed by atoms with E-state index in [0.717, 1.165) is 17.7 Å². The summed E-state index contributed by atoms with van der Waals surface area (Å²) in [4.78, 5) is 23.4. The number of hydrogen-bond acceptors (Lipinski definition) is 5. The van der Waals surface area contributed by atoms with Crippen LogP contribution in [0.1, 0.15) is 38.2 Å². The van der Waals surface area contributed by atoms with Crippen molar-refractivity contribution < 1.29 is 59.3 Å². The van der Waals surface area contributed by atoms with Crippen molar-refractivity contribution in [2.75, 3.05) is 32.6 Å². The highest BCUT2D eigenvalue weighted by atomic mass is 19.4. The monoisotopic (exact) mass is 655 g/mol. The molecular weight excluding hydrogens is 622 g/mol. The number of halogens is 8. The van der Waals surface area contributed by atoms with Crippen molar-refractivity contribution in [3.05, 3.63) is 53.6 Å². The second kappa shape index (κ2) is 14.1. The van der Waals surface area contributed by atoms with Gasteiger partial charge in [-0.05, 0) is 62.1 Å². The van der Waals surface area contributed by atoms with E-state index in [-0.39, 0.29) is 24.3 Å². The summed E-state index contributed by atoms with van der Waals surface area (Å²) in [5.41, 5.74) is 0.643. The Labute approximate surface area is 253 Å². The molecule has 2 aromatic carbocycles. The van der Waals surface area contributed by atoms with Crippen molar-refractivity contribution >= 4 is 17.7 Å². The van der Waals surface area contributed by atoms with E-state index in [1.165, 1.54) is 27.2 Å². The van der Waals surface area contributed by atoms with Gasteiger partial charge in [0.15, 0.2) is 23.1 Å². The molecule has 1 heterocycles. The topological polar surface area (TPSA) is 100 Å². The zero-order valence-corrected chi connectivity index (χ0v) is 24.5. The predicted molar refractivity (Wildman–Crippen MR) is 146 cm³/mol. The summed E-state index contributed by atoms with van der Waals surface area (Å²) in [7, 11) is 3.08. The van der Waals surface area contributed by atoms with Crippen LogP contribution in [0.15, 0.2) is 36.4 Å². The Morgan fingerprint density at radius 2 is 1.64 bits per heavy atom. The molecule has 0 spiro atoms. The smallest absolute Gasteiger partial charge is 0.490 e. The minimum atomic E-state index is -5.08. The molecule has 1 aliphatic carbocycles. The molecule has 4 atom stereocenters. The number of nitrogens with one attached hydrogen (secondary N) is 2. The molecule has 2 aromatic rings. The van der Waals surface area contributed by atoms with Crippen LogP contribution in [-0.2, 0) is 10.2 Å². The van der Waals surface area contributed by atoms with E-state index < -0.39 is 47.3 Å². The average Bonchev–Trinajstić information content (AvgIpc) is 3.32. The van der Waals surface area contributed by atoms with Crippen LogP contribution in [0.2, 0.25) is 0 Å². The number of carboxylic acid groups (broad SMARTS) is 1.